The van der Waals surface area contributed by atoms with Crippen molar-refractivity contribution in [2.45, 2.75) is 24.9 Å². The highest BCUT2D eigenvalue weighted by Gasteiger charge is 1.98. The Kier molecular flexibility index (Phi) is 3.82. The number of thioether (sulfide) groups is 1. The van der Waals surface area contributed by atoms with Crippen molar-refractivity contribution >= 4 is 23.4 Å². The molecule has 0 saturated carbocycles. The molecule has 0 atom stereocenters. The molecule has 0 N–H and O–H groups in total. The van der Waals surface area contributed by atoms with Crippen molar-refractivity contribution in [1.82, 2.24) is 9.97 Å². The summed E-state index contributed by atoms with van der Waals surface area (Å²) in [6.45, 7) is 4.32. The summed E-state index contributed by atoms with van der Waals surface area (Å²) in [4.78, 5) is 8.08. The van der Waals surface area contributed by atoms with Crippen molar-refractivity contribution in [3.63, 3.8) is 0 Å². The minimum atomic E-state index is 0.452. The molecule has 1 aromatic rings. The maximum atomic E-state index is 5.59. The first-order valence-electron chi connectivity index (χ1n) is 3.76. The lowest BCUT2D eigenvalue weighted by atomic mass is 10.5. The van der Waals surface area contributed by atoms with E-state index in [0.29, 0.717) is 10.4 Å². The average molecular weight is 203 g/mol. The van der Waals surface area contributed by atoms with Gasteiger partial charge in [0.15, 0.2) is 0 Å². The van der Waals surface area contributed by atoms with E-state index in [1.54, 1.807) is 12.4 Å². The fourth-order valence-corrected chi connectivity index (χ4v) is 1.42. The Hall–Kier alpha value is -0.280. The van der Waals surface area contributed by atoms with Crippen LogP contribution in [0, 0.1) is 0 Å². The van der Waals surface area contributed by atoms with E-state index in [4.69, 9.17) is 11.6 Å². The molecule has 0 bridgehead atoms. The van der Waals surface area contributed by atoms with Crippen LogP contribution in [-0.2, 0) is 5.75 Å². The zero-order valence-electron chi connectivity index (χ0n) is 7.12. The van der Waals surface area contributed by atoms with Gasteiger partial charge in [0.25, 0.3) is 0 Å². The van der Waals surface area contributed by atoms with E-state index < -0.39 is 0 Å². The zero-order valence-corrected chi connectivity index (χ0v) is 8.69. The maximum Gasteiger partial charge on any atom is 0.147 e. The Labute approximate surface area is 81.8 Å². The van der Waals surface area contributed by atoms with Crippen molar-refractivity contribution in [3.05, 3.63) is 23.2 Å². The number of aromatic nitrogens is 2. The van der Waals surface area contributed by atoms with E-state index >= 15 is 0 Å². The van der Waals surface area contributed by atoms with Gasteiger partial charge in [-0.25, -0.2) is 4.98 Å². The predicted octanol–water partition coefficient (Wildman–Crippen LogP) is 2.77. The van der Waals surface area contributed by atoms with Crippen molar-refractivity contribution in [2.75, 3.05) is 0 Å². The van der Waals surface area contributed by atoms with Gasteiger partial charge in [-0.05, 0) is 5.25 Å². The fraction of sp³-hybridized carbons (Fsp3) is 0.500. The highest BCUT2D eigenvalue weighted by atomic mass is 35.5. The molecule has 1 aromatic heterocycles. The van der Waals surface area contributed by atoms with Crippen LogP contribution in [0.25, 0.3) is 0 Å². The van der Waals surface area contributed by atoms with Gasteiger partial charge in [-0.15, -0.1) is 0 Å². The van der Waals surface area contributed by atoms with E-state index in [1.165, 1.54) is 0 Å². The molecule has 0 saturated heterocycles. The van der Waals surface area contributed by atoms with Gasteiger partial charge in [0.2, 0.25) is 0 Å². The first-order chi connectivity index (χ1) is 5.68. The van der Waals surface area contributed by atoms with E-state index in [-0.39, 0.29) is 0 Å². The molecule has 0 aliphatic heterocycles. The van der Waals surface area contributed by atoms with Gasteiger partial charge < -0.3 is 0 Å². The summed E-state index contributed by atoms with van der Waals surface area (Å²) >= 11 is 7.44. The minimum Gasteiger partial charge on any atom is -0.256 e. The van der Waals surface area contributed by atoms with Crippen molar-refractivity contribution in [3.8, 4) is 0 Å². The highest BCUT2D eigenvalue weighted by molar-refractivity contribution is 7.99. The van der Waals surface area contributed by atoms with Gasteiger partial charge in [0.1, 0.15) is 5.15 Å². The average Bonchev–Trinajstić information content (AvgIpc) is 2.03. The summed E-state index contributed by atoms with van der Waals surface area (Å²) in [5.41, 5.74) is 0.984. The first-order valence-corrected chi connectivity index (χ1v) is 5.19. The number of hydrogen-bond acceptors (Lipinski definition) is 3. The third-order valence-electron chi connectivity index (χ3n) is 1.24. The Morgan fingerprint density at radius 2 is 2.17 bits per heavy atom. The Balaban J connectivity index is 2.48. The lowest BCUT2D eigenvalue weighted by Crippen LogP contribution is -1.92. The van der Waals surface area contributed by atoms with Crippen LogP contribution in [0.1, 0.15) is 19.5 Å². The maximum absolute atomic E-state index is 5.59. The molecule has 0 spiro atoms. The summed E-state index contributed by atoms with van der Waals surface area (Å²) in [5.74, 6) is 0.905. The van der Waals surface area contributed by atoms with Crippen LogP contribution in [0.15, 0.2) is 12.4 Å². The van der Waals surface area contributed by atoms with Crippen LogP contribution >= 0.6 is 23.4 Å². The molecule has 0 aliphatic carbocycles. The number of hydrogen-bond donors (Lipinski definition) is 0. The second kappa shape index (κ2) is 4.67. The summed E-state index contributed by atoms with van der Waals surface area (Å²) in [6.07, 6.45) is 3.30. The number of nitrogens with zero attached hydrogens (tertiary/aromatic N) is 2. The SMILES string of the molecule is CC(C)SCc1cnc(Cl)cn1. The standard InChI is InChI=1S/C8H11ClN2S/c1-6(2)12-5-7-3-11-8(9)4-10-7/h3-4,6H,5H2,1-2H3. The van der Waals surface area contributed by atoms with Gasteiger partial charge in [0.05, 0.1) is 18.1 Å². The second-order valence-electron chi connectivity index (χ2n) is 2.69. The Bertz CT molecular complexity index is 235. The third kappa shape index (κ3) is 3.41. The molecule has 0 aliphatic rings. The molecule has 4 heteroatoms. The molecule has 0 fully saturated rings. The molecule has 66 valence electrons. The summed E-state index contributed by atoms with van der Waals surface area (Å²) in [5, 5.41) is 1.08. The van der Waals surface area contributed by atoms with Crippen LogP contribution in [0.2, 0.25) is 5.15 Å². The molecular formula is C8H11ClN2S. The van der Waals surface area contributed by atoms with Crippen LogP contribution < -0.4 is 0 Å². The Morgan fingerprint density at radius 3 is 2.67 bits per heavy atom. The number of rotatable bonds is 3. The van der Waals surface area contributed by atoms with E-state index in [0.717, 1.165) is 11.4 Å². The van der Waals surface area contributed by atoms with Crippen LogP contribution in [0.3, 0.4) is 0 Å². The van der Waals surface area contributed by atoms with E-state index in [2.05, 4.69) is 23.8 Å². The normalized spacial score (nSPS) is 10.7. The topological polar surface area (TPSA) is 25.8 Å². The first kappa shape index (κ1) is 9.81. The minimum absolute atomic E-state index is 0.452. The number of halogens is 1. The van der Waals surface area contributed by atoms with Crippen LogP contribution in [-0.4, -0.2) is 15.2 Å². The van der Waals surface area contributed by atoms with Crippen LogP contribution in [0.5, 0.6) is 0 Å². The fourth-order valence-electron chi connectivity index (χ4n) is 0.666. The zero-order chi connectivity index (χ0) is 8.97. The Morgan fingerprint density at radius 1 is 1.42 bits per heavy atom. The van der Waals surface area contributed by atoms with Crippen LogP contribution in [0.4, 0.5) is 0 Å². The van der Waals surface area contributed by atoms with E-state index in [1.807, 2.05) is 11.8 Å². The molecule has 0 unspecified atom stereocenters. The summed E-state index contributed by atoms with van der Waals surface area (Å²) in [6, 6.07) is 0. The van der Waals surface area contributed by atoms with Gasteiger partial charge in [-0.3, -0.25) is 4.98 Å². The second-order valence-corrected chi connectivity index (χ2v) is 4.64. The molecule has 0 radical (unpaired) electrons. The molecule has 1 heterocycles. The van der Waals surface area contributed by atoms with Crippen molar-refractivity contribution < 1.29 is 0 Å². The molecule has 12 heavy (non-hydrogen) atoms. The van der Waals surface area contributed by atoms with Gasteiger partial charge in [-0.2, -0.15) is 11.8 Å². The monoisotopic (exact) mass is 202 g/mol. The van der Waals surface area contributed by atoms with Crippen molar-refractivity contribution in [1.29, 1.82) is 0 Å². The summed E-state index contributed by atoms with van der Waals surface area (Å²) in [7, 11) is 0. The van der Waals surface area contributed by atoms with Gasteiger partial charge >= 0.3 is 0 Å². The molecule has 0 amide bonds. The predicted molar refractivity (Wildman–Crippen MR) is 53.5 cm³/mol. The highest BCUT2D eigenvalue weighted by Crippen LogP contribution is 2.15. The quantitative estimate of drug-likeness (QED) is 0.754. The largest absolute Gasteiger partial charge is 0.256 e. The van der Waals surface area contributed by atoms with Gasteiger partial charge in [-0.1, -0.05) is 25.4 Å². The molecular weight excluding hydrogens is 192 g/mol. The van der Waals surface area contributed by atoms with E-state index in [9.17, 15) is 0 Å². The smallest absolute Gasteiger partial charge is 0.147 e. The lowest BCUT2D eigenvalue weighted by molar-refractivity contribution is 1.07. The molecule has 2 nitrogen and oxygen atoms in total. The summed E-state index contributed by atoms with van der Waals surface area (Å²) < 4.78 is 0. The molecule has 1 rings (SSSR count). The van der Waals surface area contributed by atoms with Crippen molar-refractivity contribution in [2.24, 2.45) is 0 Å². The third-order valence-corrected chi connectivity index (χ3v) is 2.56. The molecule has 0 aromatic carbocycles. The lowest BCUT2D eigenvalue weighted by Gasteiger charge is -2.02. The van der Waals surface area contributed by atoms with Gasteiger partial charge in [0, 0.05) is 5.75 Å².